The van der Waals surface area contributed by atoms with Crippen molar-refractivity contribution in [3.8, 4) is 0 Å². The lowest BCUT2D eigenvalue weighted by Gasteiger charge is -2.32. The first kappa shape index (κ1) is 22.0. The van der Waals surface area contributed by atoms with Crippen molar-refractivity contribution in [2.75, 3.05) is 19.6 Å². The minimum Gasteiger partial charge on any atom is -0.211 e. The van der Waals surface area contributed by atoms with Crippen LogP contribution in [0.2, 0.25) is 0 Å². The van der Waals surface area contributed by atoms with Gasteiger partial charge in [-0.15, -0.1) is 0 Å². The number of rotatable bonds is 7. The fraction of sp³-hybridized carbons (Fsp3) is 0.429. The topological polar surface area (TPSA) is 83.5 Å². The Kier molecular flexibility index (Phi) is 6.78. The molecule has 1 atom stereocenters. The lowest BCUT2D eigenvalue weighted by molar-refractivity contribution is 0.315. The molecular formula is C21H28N2O4S2. The molecule has 0 radical (unpaired) electrons. The molecule has 1 fully saturated rings. The van der Waals surface area contributed by atoms with E-state index in [2.05, 4.69) is 4.72 Å². The van der Waals surface area contributed by atoms with Crippen molar-refractivity contribution < 1.29 is 16.8 Å². The maximum atomic E-state index is 13.1. The van der Waals surface area contributed by atoms with E-state index in [0.29, 0.717) is 19.6 Å². The second-order valence-electron chi connectivity index (χ2n) is 7.83. The molecule has 1 N–H and O–H groups in total. The Bertz CT molecular complexity index is 1020. The minimum atomic E-state index is -3.67. The third-order valence-corrected chi connectivity index (χ3v) is 8.43. The zero-order valence-corrected chi connectivity index (χ0v) is 18.4. The summed E-state index contributed by atoms with van der Waals surface area (Å²) in [4.78, 5) is 0.187. The molecule has 0 unspecified atom stereocenters. The molecule has 1 aliphatic rings. The van der Waals surface area contributed by atoms with Gasteiger partial charge in [-0.2, -0.15) is 4.31 Å². The fourth-order valence-electron chi connectivity index (χ4n) is 3.46. The zero-order chi connectivity index (χ0) is 21.1. The molecule has 6 nitrogen and oxygen atoms in total. The number of nitrogens with one attached hydrogen (secondary N) is 1. The molecule has 0 saturated carbocycles. The van der Waals surface area contributed by atoms with Gasteiger partial charge in [0.1, 0.15) is 0 Å². The summed E-state index contributed by atoms with van der Waals surface area (Å²) < 4.78 is 54.9. The van der Waals surface area contributed by atoms with Gasteiger partial charge in [0.25, 0.3) is 0 Å². The fourth-order valence-corrected chi connectivity index (χ4v) is 6.20. The second kappa shape index (κ2) is 8.95. The van der Waals surface area contributed by atoms with Gasteiger partial charge in [-0.25, -0.2) is 21.6 Å². The van der Waals surface area contributed by atoms with E-state index in [1.165, 1.54) is 28.6 Å². The minimum absolute atomic E-state index is 0.0675. The van der Waals surface area contributed by atoms with Crippen LogP contribution in [0.5, 0.6) is 0 Å². The van der Waals surface area contributed by atoms with Crippen LogP contribution in [0.1, 0.15) is 38.2 Å². The van der Waals surface area contributed by atoms with Crippen LogP contribution in [0.3, 0.4) is 0 Å². The monoisotopic (exact) mass is 436 g/mol. The summed E-state index contributed by atoms with van der Waals surface area (Å²) in [5.74, 6) is 0.348. The Hall–Kier alpha value is -1.74. The molecule has 8 heteroatoms. The molecule has 29 heavy (non-hydrogen) atoms. The van der Waals surface area contributed by atoms with Gasteiger partial charge in [0.2, 0.25) is 20.0 Å². The van der Waals surface area contributed by atoms with Crippen LogP contribution in [0.15, 0.2) is 64.4 Å². The molecular weight excluding hydrogens is 408 g/mol. The molecule has 0 amide bonds. The number of benzene rings is 2. The SMILES string of the molecule is CC(C)CNS(=O)(=O)c1ccc(S(=O)(=O)N2CCC[C@@H](c3ccccc3)C2)cc1. The van der Waals surface area contributed by atoms with Gasteiger partial charge in [0.05, 0.1) is 9.79 Å². The highest BCUT2D eigenvalue weighted by Crippen LogP contribution is 2.30. The van der Waals surface area contributed by atoms with Crippen LogP contribution < -0.4 is 4.72 Å². The number of sulfonamides is 2. The quantitative estimate of drug-likeness (QED) is 0.723. The Morgan fingerprint density at radius 1 is 0.966 bits per heavy atom. The highest BCUT2D eigenvalue weighted by Gasteiger charge is 2.31. The van der Waals surface area contributed by atoms with E-state index < -0.39 is 20.0 Å². The zero-order valence-electron chi connectivity index (χ0n) is 16.8. The van der Waals surface area contributed by atoms with Crippen molar-refractivity contribution in [3.05, 3.63) is 60.2 Å². The van der Waals surface area contributed by atoms with Crippen molar-refractivity contribution in [2.24, 2.45) is 5.92 Å². The van der Waals surface area contributed by atoms with Crippen molar-refractivity contribution >= 4 is 20.0 Å². The summed E-state index contributed by atoms with van der Waals surface area (Å²) in [7, 11) is -7.32. The highest BCUT2D eigenvalue weighted by molar-refractivity contribution is 7.89. The summed E-state index contributed by atoms with van der Waals surface area (Å²) >= 11 is 0. The van der Waals surface area contributed by atoms with Gasteiger partial charge in [-0.05, 0) is 54.5 Å². The summed E-state index contributed by atoms with van der Waals surface area (Å²) in [6.07, 6.45) is 1.75. The number of nitrogens with zero attached hydrogens (tertiary/aromatic N) is 1. The van der Waals surface area contributed by atoms with Crippen molar-refractivity contribution in [1.29, 1.82) is 0 Å². The number of hydrogen-bond donors (Lipinski definition) is 1. The van der Waals surface area contributed by atoms with E-state index in [9.17, 15) is 16.8 Å². The van der Waals surface area contributed by atoms with E-state index in [0.717, 1.165) is 18.4 Å². The predicted octanol–water partition coefficient (Wildman–Crippen LogP) is 3.19. The molecule has 0 aliphatic carbocycles. The third-order valence-electron chi connectivity index (χ3n) is 5.11. The molecule has 0 bridgehead atoms. The first-order chi connectivity index (χ1) is 13.7. The first-order valence-corrected chi connectivity index (χ1v) is 12.8. The van der Waals surface area contributed by atoms with Gasteiger partial charge in [-0.3, -0.25) is 0 Å². The largest absolute Gasteiger partial charge is 0.243 e. The van der Waals surface area contributed by atoms with Crippen LogP contribution in [0, 0.1) is 5.92 Å². The first-order valence-electron chi connectivity index (χ1n) is 9.85. The van der Waals surface area contributed by atoms with Crippen LogP contribution in [-0.4, -0.2) is 40.8 Å². The molecule has 0 aromatic heterocycles. The number of hydrogen-bond acceptors (Lipinski definition) is 4. The second-order valence-corrected chi connectivity index (χ2v) is 11.5. The predicted molar refractivity (Wildman–Crippen MR) is 114 cm³/mol. The molecule has 2 aromatic rings. The van der Waals surface area contributed by atoms with Crippen molar-refractivity contribution in [3.63, 3.8) is 0 Å². The summed E-state index contributed by atoms with van der Waals surface area (Å²) in [5.41, 5.74) is 1.14. The van der Waals surface area contributed by atoms with E-state index >= 15 is 0 Å². The van der Waals surface area contributed by atoms with E-state index in [1.54, 1.807) is 0 Å². The average Bonchev–Trinajstić information content (AvgIpc) is 2.73. The van der Waals surface area contributed by atoms with Gasteiger partial charge < -0.3 is 0 Å². The molecule has 158 valence electrons. The van der Waals surface area contributed by atoms with E-state index in [-0.39, 0.29) is 21.6 Å². The lowest BCUT2D eigenvalue weighted by atomic mass is 9.92. The molecule has 1 saturated heterocycles. The standard InChI is InChI=1S/C21H28N2O4S2/c1-17(2)15-22-28(24,25)20-10-12-21(13-11-20)29(26,27)23-14-6-9-19(16-23)18-7-4-3-5-8-18/h3-5,7-8,10-13,17,19,22H,6,9,14-16H2,1-2H3/t19-/m1/s1. The van der Waals surface area contributed by atoms with Crippen LogP contribution >= 0.6 is 0 Å². The third kappa shape index (κ3) is 5.25. The normalized spacial score (nSPS) is 18.8. The average molecular weight is 437 g/mol. The maximum absolute atomic E-state index is 13.1. The molecule has 2 aromatic carbocycles. The van der Waals surface area contributed by atoms with Crippen LogP contribution in [0.25, 0.3) is 0 Å². The number of piperidine rings is 1. The Morgan fingerprint density at radius 3 is 2.21 bits per heavy atom. The van der Waals surface area contributed by atoms with E-state index in [4.69, 9.17) is 0 Å². The van der Waals surface area contributed by atoms with Crippen LogP contribution in [0.4, 0.5) is 0 Å². The molecule has 0 spiro atoms. The molecule has 1 aliphatic heterocycles. The summed E-state index contributed by atoms with van der Waals surface area (Å²) in [6, 6.07) is 15.4. The smallest absolute Gasteiger partial charge is 0.211 e. The summed E-state index contributed by atoms with van der Waals surface area (Å²) in [6.45, 7) is 5.07. The van der Waals surface area contributed by atoms with Gasteiger partial charge in [0, 0.05) is 19.6 Å². The van der Waals surface area contributed by atoms with Gasteiger partial charge >= 0.3 is 0 Å². The maximum Gasteiger partial charge on any atom is 0.243 e. The Balaban J connectivity index is 1.77. The summed E-state index contributed by atoms with van der Waals surface area (Å²) in [5, 5.41) is 0. The highest BCUT2D eigenvalue weighted by atomic mass is 32.2. The van der Waals surface area contributed by atoms with Gasteiger partial charge in [-0.1, -0.05) is 44.2 Å². The van der Waals surface area contributed by atoms with Crippen LogP contribution in [-0.2, 0) is 20.0 Å². The van der Waals surface area contributed by atoms with Gasteiger partial charge in [0.15, 0.2) is 0 Å². The molecule has 1 heterocycles. The molecule has 3 rings (SSSR count). The van der Waals surface area contributed by atoms with Crippen molar-refractivity contribution in [2.45, 2.75) is 42.4 Å². The Labute approximate surface area is 174 Å². The van der Waals surface area contributed by atoms with E-state index in [1.807, 2.05) is 44.2 Å². The lowest BCUT2D eigenvalue weighted by Crippen LogP contribution is -2.39. The Morgan fingerprint density at radius 2 is 1.59 bits per heavy atom. The van der Waals surface area contributed by atoms with Crippen molar-refractivity contribution in [1.82, 2.24) is 9.03 Å².